The number of benzene rings is 3. The number of azo groups is 1. The molecule has 0 atom stereocenters. The molecule has 0 amide bonds. The third kappa shape index (κ3) is 4.99. The third-order valence-corrected chi connectivity index (χ3v) is 5.87. The number of anilines is 1. The van der Waals surface area contributed by atoms with Crippen LogP contribution in [-0.4, -0.2) is 52.7 Å². The van der Waals surface area contributed by atoms with Crippen LogP contribution in [0.15, 0.2) is 69.6 Å². The number of rotatable bonds is 9. The molecule has 10 heteroatoms. The molecule has 0 saturated heterocycles. The largest absolute Gasteiger partial charge is 0.496 e. The number of aromatic nitrogens is 2. The molecule has 1 heterocycles. The Balaban J connectivity index is 1.74. The molecule has 4 aromatic rings. The van der Waals surface area contributed by atoms with Crippen molar-refractivity contribution in [2.45, 2.75) is 0 Å². The van der Waals surface area contributed by atoms with Crippen molar-refractivity contribution in [3.05, 3.63) is 65.0 Å². The van der Waals surface area contributed by atoms with Crippen molar-refractivity contribution in [3.63, 3.8) is 0 Å². The summed E-state index contributed by atoms with van der Waals surface area (Å²) in [4.78, 5) is 14.7. The van der Waals surface area contributed by atoms with Gasteiger partial charge in [0.05, 0.1) is 39.8 Å². The average molecular weight is 504 g/mol. The molecule has 0 saturated carbocycles. The van der Waals surface area contributed by atoms with Gasteiger partial charge in [0.1, 0.15) is 5.75 Å². The topological polar surface area (TPSA) is 114 Å². The fourth-order valence-electron chi connectivity index (χ4n) is 3.97. The number of aromatic amines is 2. The maximum Gasteiger partial charge on any atom is 0.292 e. The van der Waals surface area contributed by atoms with E-state index in [-0.39, 0.29) is 5.69 Å². The molecular formula is C27H29N5O5. The Morgan fingerprint density at radius 1 is 0.703 bits per heavy atom. The predicted octanol–water partition coefficient (Wildman–Crippen LogP) is 5.55. The molecule has 3 aromatic carbocycles. The number of nitrogens with zero attached hydrogens (tertiary/aromatic N) is 3. The van der Waals surface area contributed by atoms with Crippen LogP contribution >= 0.6 is 0 Å². The number of nitrogens with one attached hydrogen (secondary N) is 2. The van der Waals surface area contributed by atoms with Gasteiger partial charge in [-0.2, -0.15) is 5.11 Å². The van der Waals surface area contributed by atoms with Crippen molar-refractivity contribution in [1.29, 1.82) is 0 Å². The van der Waals surface area contributed by atoms with E-state index in [1.165, 1.54) is 21.3 Å². The molecule has 1 aromatic heterocycles. The Morgan fingerprint density at radius 3 is 2.00 bits per heavy atom. The van der Waals surface area contributed by atoms with E-state index >= 15 is 0 Å². The summed E-state index contributed by atoms with van der Waals surface area (Å²) in [6.07, 6.45) is 0. The summed E-state index contributed by atoms with van der Waals surface area (Å²) in [5.74, 6) is 1.98. The van der Waals surface area contributed by atoms with Crippen LogP contribution in [0.2, 0.25) is 0 Å². The average Bonchev–Trinajstić information content (AvgIpc) is 3.30. The molecule has 192 valence electrons. The molecule has 0 bridgehead atoms. The van der Waals surface area contributed by atoms with Gasteiger partial charge >= 0.3 is 0 Å². The molecule has 0 aliphatic carbocycles. The second-order valence-electron chi connectivity index (χ2n) is 8.21. The van der Waals surface area contributed by atoms with Crippen LogP contribution in [0.25, 0.3) is 22.4 Å². The number of methoxy groups -OCH3 is 4. The van der Waals surface area contributed by atoms with Crippen LogP contribution in [0.1, 0.15) is 0 Å². The fraction of sp³-hybridized carbons (Fsp3) is 0.222. The fourth-order valence-corrected chi connectivity index (χ4v) is 3.97. The van der Waals surface area contributed by atoms with Crippen molar-refractivity contribution in [3.8, 4) is 45.4 Å². The number of hydrogen-bond acceptors (Lipinski definition) is 8. The Morgan fingerprint density at radius 2 is 1.38 bits per heavy atom. The zero-order chi connectivity index (χ0) is 26.5. The van der Waals surface area contributed by atoms with Gasteiger partial charge in [0, 0.05) is 30.9 Å². The maximum atomic E-state index is 12.6. The van der Waals surface area contributed by atoms with E-state index in [9.17, 15) is 4.79 Å². The van der Waals surface area contributed by atoms with Gasteiger partial charge in [0.2, 0.25) is 5.75 Å². The van der Waals surface area contributed by atoms with Crippen LogP contribution in [0.4, 0.5) is 17.1 Å². The Labute approximate surface area is 214 Å². The number of hydrogen-bond donors (Lipinski definition) is 2. The first-order chi connectivity index (χ1) is 17.9. The molecule has 10 nitrogen and oxygen atoms in total. The molecule has 0 fully saturated rings. The van der Waals surface area contributed by atoms with Crippen LogP contribution in [0, 0.1) is 0 Å². The lowest BCUT2D eigenvalue weighted by Crippen LogP contribution is -2.07. The highest BCUT2D eigenvalue weighted by atomic mass is 16.5. The third-order valence-electron chi connectivity index (χ3n) is 5.87. The normalized spacial score (nSPS) is 11.0. The summed E-state index contributed by atoms with van der Waals surface area (Å²) in [6.45, 7) is 0. The minimum Gasteiger partial charge on any atom is -0.496 e. The quantitative estimate of drug-likeness (QED) is 0.289. The predicted molar refractivity (Wildman–Crippen MR) is 143 cm³/mol. The van der Waals surface area contributed by atoms with Crippen molar-refractivity contribution < 1.29 is 18.9 Å². The standard InChI is InChI=1S/C27H29N5O5/c1-32(2)18-10-7-16(8-11-18)20-15-17(9-13-21(20)34-3)28-30-24-23(29-31-27(24)33)19-12-14-22(35-4)26(37-6)25(19)36-5/h7-15H,1-6H3,(H2,29,31,33). The first kappa shape index (κ1) is 25.4. The van der Waals surface area contributed by atoms with Gasteiger partial charge in [-0.1, -0.05) is 12.1 Å². The van der Waals surface area contributed by atoms with E-state index in [1.807, 2.05) is 55.4 Å². The monoisotopic (exact) mass is 503 g/mol. The lowest BCUT2D eigenvalue weighted by Gasteiger charge is -2.15. The first-order valence-electron chi connectivity index (χ1n) is 11.4. The molecule has 0 spiro atoms. The van der Waals surface area contributed by atoms with Crippen LogP contribution in [-0.2, 0) is 0 Å². The van der Waals surface area contributed by atoms with Gasteiger partial charge in [-0.3, -0.25) is 15.0 Å². The molecular weight excluding hydrogens is 474 g/mol. The summed E-state index contributed by atoms with van der Waals surface area (Å²) in [6, 6.07) is 17.0. The molecule has 0 radical (unpaired) electrons. The van der Waals surface area contributed by atoms with Crippen molar-refractivity contribution in [2.75, 3.05) is 47.4 Å². The van der Waals surface area contributed by atoms with Crippen LogP contribution in [0.5, 0.6) is 23.0 Å². The van der Waals surface area contributed by atoms with E-state index in [0.717, 1.165) is 16.8 Å². The number of ether oxygens (including phenoxy) is 4. The van der Waals surface area contributed by atoms with E-state index in [4.69, 9.17) is 18.9 Å². The van der Waals surface area contributed by atoms with Gasteiger partial charge in [-0.15, -0.1) is 5.11 Å². The highest BCUT2D eigenvalue weighted by Crippen LogP contribution is 2.45. The smallest absolute Gasteiger partial charge is 0.292 e. The van der Waals surface area contributed by atoms with Crippen LogP contribution in [0.3, 0.4) is 0 Å². The SMILES string of the molecule is COc1ccc(N=Nc2c(-c3ccc(OC)c(OC)c3OC)[nH][nH]c2=O)cc1-c1ccc(N(C)C)cc1. The van der Waals surface area contributed by atoms with Crippen molar-refractivity contribution in [1.82, 2.24) is 10.2 Å². The van der Waals surface area contributed by atoms with Crippen molar-refractivity contribution in [2.24, 2.45) is 10.2 Å². The van der Waals surface area contributed by atoms with Gasteiger partial charge in [-0.25, -0.2) is 0 Å². The summed E-state index contributed by atoms with van der Waals surface area (Å²) < 4.78 is 22.0. The summed E-state index contributed by atoms with van der Waals surface area (Å²) in [5.41, 5.74) is 4.09. The van der Waals surface area contributed by atoms with Gasteiger partial charge in [-0.05, 0) is 48.0 Å². The summed E-state index contributed by atoms with van der Waals surface area (Å²) in [5, 5.41) is 14.1. The Kier molecular flexibility index (Phi) is 7.47. The second kappa shape index (κ2) is 10.9. The van der Waals surface area contributed by atoms with E-state index in [2.05, 4.69) is 20.4 Å². The zero-order valence-corrected chi connectivity index (χ0v) is 21.6. The Bertz CT molecular complexity index is 1470. The highest BCUT2D eigenvalue weighted by Gasteiger charge is 2.22. The highest BCUT2D eigenvalue weighted by molar-refractivity contribution is 5.80. The molecule has 4 rings (SSSR count). The lowest BCUT2D eigenvalue weighted by atomic mass is 10.0. The van der Waals surface area contributed by atoms with Gasteiger partial charge in [0.25, 0.3) is 5.56 Å². The van der Waals surface area contributed by atoms with E-state index < -0.39 is 5.56 Å². The Hall–Kier alpha value is -4.73. The summed E-state index contributed by atoms with van der Waals surface area (Å²) >= 11 is 0. The molecule has 0 aliphatic rings. The zero-order valence-electron chi connectivity index (χ0n) is 21.6. The van der Waals surface area contributed by atoms with Crippen molar-refractivity contribution >= 4 is 17.1 Å². The first-order valence-corrected chi connectivity index (χ1v) is 11.4. The van der Waals surface area contributed by atoms with Gasteiger partial charge in [0.15, 0.2) is 17.2 Å². The molecule has 0 unspecified atom stereocenters. The van der Waals surface area contributed by atoms with Crippen LogP contribution < -0.4 is 29.4 Å². The number of H-pyrrole nitrogens is 2. The van der Waals surface area contributed by atoms with E-state index in [1.54, 1.807) is 25.3 Å². The van der Waals surface area contributed by atoms with E-state index in [0.29, 0.717) is 39.9 Å². The second-order valence-corrected chi connectivity index (χ2v) is 8.21. The molecule has 0 aliphatic heterocycles. The maximum absolute atomic E-state index is 12.6. The molecule has 2 N–H and O–H groups in total. The minimum atomic E-state index is -0.427. The molecule has 37 heavy (non-hydrogen) atoms. The minimum absolute atomic E-state index is 0.0956. The van der Waals surface area contributed by atoms with Gasteiger partial charge < -0.3 is 23.8 Å². The lowest BCUT2D eigenvalue weighted by molar-refractivity contribution is 0.325. The summed E-state index contributed by atoms with van der Waals surface area (Å²) in [7, 11) is 10.2.